The molecule has 0 aliphatic carbocycles. The summed E-state index contributed by atoms with van der Waals surface area (Å²) in [5, 5.41) is 0.930. The van der Waals surface area contributed by atoms with Crippen LogP contribution in [0.25, 0.3) is 6.08 Å². The summed E-state index contributed by atoms with van der Waals surface area (Å²) >= 11 is 11.7. The van der Waals surface area contributed by atoms with Crippen molar-refractivity contribution >= 4 is 41.1 Å². The minimum absolute atomic E-state index is 0.283. The molecule has 0 saturated heterocycles. The maximum Gasteiger partial charge on any atom is 0.271 e. The number of hydrogen-bond donors (Lipinski definition) is 2. The summed E-state index contributed by atoms with van der Waals surface area (Å²) in [5.41, 5.74) is 5.67. The first-order chi connectivity index (χ1) is 10.6. The van der Waals surface area contributed by atoms with Crippen molar-refractivity contribution in [2.24, 2.45) is 0 Å². The Balaban J connectivity index is 1.89. The SMILES string of the molecule is O=C(/C=C/c1ccc(Cl)cc1)NNC(=O)c1ccccc1Cl. The van der Waals surface area contributed by atoms with Crippen molar-refractivity contribution < 1.29 is 9.59 Å². The highest BCUT2D eigenvalue weighted by atomic mass is 35.5. The van der Waals surface area contributed by atoms with Gasteiger partial charge in [-0.25, -0.2) is 0 Å². The molecule has 0 atom stereocenters. The van der Waals surface area contributed by atoms with E-state index < -0.39 is 11.8 Å². The van der Waals surface area contributed by atoms with E-state index in [1.54, 1.807) is 54.6 Å². The van der Waals surface area contributed by atoms with E-state index in [-0.39, 0.29) is 5.56 Å². The van der Waals surface area contributed by atoms with E-state index in [2.05, 4.69) is 10.9 Å². The molecule has 0 heterocycles. The highest BCUT2D eigenvalue weighted by Gasteiger charge is 2.09. The molecule has 0 aliphatic rings. The third-order valence-corrected chi connectivity index (χ3v) is 3.30. The molecule has 0 bridgehead atoms. The number of carbonyl (C=O) groups excluding carboxylic acids is 2. The van der Waals surface area contributed by atoms with Crippen molar-refractivity contribution in [2.45, 2.75) is 0 Å². The largest absolute Gasteiger partial charge is 0.271 e. The molecule has 6 heteroatoms. The molecule has 2 N–H and O–H groups in total. The summed E-state index contributed by atoms with van der Waals surface area (Å²) in [6.07, 6.45) is 2.91. The van der Waals surface area contributed by atoms with Crippen molar-refractivity contribution in [3.63, 3.8) is 0 Å². The fourth-order valence-corrected chi connectivity index (χ4v) is 1.97. The molecule has 0 radical (unpaired) electrons. The molecule has 0 spiro atoms. The van der Waals surface area contributed by atoms with Gasteiger partial charge in [-0.3, -0.25) is 20.4 Å². The zero-order valence-electron chi connectivity index (χ0n) is 11.3. The van der Waals surface area contributed by atoms with Crippen LogP contribution in [0.15, 0.2) is 54.6 Å². The molecule has 0 fully saturated rings. The molecule has 2 amide bonds. The maximum atomic E-state index is 11.8. The quantitative estimate of drug-likeness (QED) is 0.667. The molecule has 0 saturated carbocycles. The second kappa shape index (κ2) is 7.64. The summed E-state index contributed by atoms with van der Waals surface area (Å²) < 4.78 is 0. The number of hydrogen-bond acceptors (Lipinski definition) is 2. The lowest BCUT2D eigenvalue weighted by atomic mass is 10.2. The highest BCUT2D eigenvalue weighted by Crippen LogP contribution is 2.14. The van der Waals surface area contributed by atoms with Crippen LogP contribution in [0.4, 0.5) is 0 Å². The van der Waals surface area contributed by atoms with Gasteiger partial charge < -0.3 is 0 Å². The van der Waals surface area contributed by atoms with E-state index in [0.29, 0.717) is 10.0 Å². The van der Waals surface area contributed by atoms with E-state index in [4.69, 9.17) is 23.2 Å². The van der Waals surface area contributed by atoms with Gasteiger partial charge in [0.15, 0.2) is 0 Å². The average molecular weight is 335 g/mol. The van der Waals surface area contributed by atoms with Crippen molar-refractivity contribution in [1.29, 1.82) is 0 Å². The topological polar surface area (TPSA) is 58.2 Å². The summed E-state index contributed by atoms with van der Waals surface area (Å²) in [6, 6.07) is 13.5. The van der Waals surface area contributed by atoms with E-state index in [1.807, 2.05) is 0 Å². The van der Waals surface area contributed by atoms with E-state index in [1.165, 1.54) is 6.08 Å². The molecular formula is C16H12Cl2N2O2. The zero-order chi connectivity index (χ0) is 15.9. The Hall–Kier alpha value is -2.30. The minimum atomic E-state index is -0.487. The van der Waals surface area contributed by atoms with Gasteiger partial charge in [-0.1, -0.05) is 47.5 Å². The molecule has 112 valence electrons. The molecule has 0 aliphatic heterocycles. The lowest BCUT2D eigenvalue weighted by molar-refractivity contribution is -0.117. The number of amides is 2. The predicted molar refractivity (Wildman–Crippen MR) is 87.5 cm³/mol. The Morgan fingerprint density at radius 3 is 2.27 bits per heavy atom. The van der Waals surface area contributed by atoms with E-state index >= 15 is 0 Å². The van der Waals surface area contributed by atoms with Crippen LogP contribution < -0.4 is 10.9 Å². The van der Waals surface area contributed by atoms with Crippen LogP contribution in [0.5, 0.6) is 0 Å². The lowest BCUT2D eigenvalue weighted by Crippen LogP contribution is -2.40. The van der Waals surface area contributed by atoms with Crippen molar-refractivity contribution in [2.75, 3.05) is 0 Å². The number of nitrogens with one attached hydrogen (secondary N) is 2. The fourth-order valence-electron chi connectivity index (χ4n) is 1.62. The monoisotopic (exact) mass is 334 g/mol. The van der Waals surface area contributed by atoms with E-state index in [9.17, 15) is 9.59 Å². The average Bonchev–Trinajstić information content (AvgIpc) is 2.52. The second-order valence-electron chi connectivity index (χ2n) is 4.31. The third-order valence-electron chi connectivity index (χ3n) is 2.71. The number of carbonyl (C=O) groups is 2. The fraction of sp³-hybridized carbons (Fsp3) is 0. The van der Waals surface area contributed by atoms with Crippen LogP contribution in [-0.4, -0.2) is 11.8 Å². The molecule has 2 aromatic rings. The lowest BCUT2D eigenvalue weighted by Gasteiger charge is -2.06. The van der Waals surface area contributed by atoms with Gasteiger partial charge in [0.05, 0.1) is 10.6 Å². The maximum absolute atomic E-state index is 11.8. The van der Waals surface area contributed by atoms with Gasteiger partial charge in [0.2, 0.25) is 0 Å². The van der Waals surface area contributed by atoms with Crippen LogP contribution in [0.3, 0.4) is 0 Å². The summed E-state index contributed by atoms with van der Waals surface area (Å²) in [5.74, 6) is -0.950. The number of rotatable bonds is 3. The summed E-state index contributed by atoms with van der Waals surface area (Å²) in [4.78, 5) is 23.5. The van der Waals surface area contributed by atoms with Crippen molar-refractivity contribution in [1.82, 2.24) is 10.9 Å². The first-order valence-corrected chi connectivity index (χ1v) is 7.10. The Labute approximate surface area is 137 Å². The number of halogens is 2. The Morgan fingerprint density at radius 2 is 1.59 bits per heavy atom. The van der Waals surface area contributed by atoms with Crippen LogP contribution in [-0.2, 0) is 4.79 Å². The first-order valence-electron chi connectivity index (χ1n) is 6.35. The van der Waals surface area contributed by atoms with Gasteiger partial charge in [0.1, 0.15) is 0 Å². The Morgan fingerprint density at radius 1 is 0.909 bits per heavy atom. The second-order valence-corrected chi connectivity index (χ2v) is 5.15. The Bertz CT molecular complexity index is 712. The minimum Gasteiger partial charge on any atom is -0.268 e. The standard InChI is InChI=1S/C16H12Cl2N2O2/c17-12-8-5-11(6-9-12)7-10-15(21)19-20-16(22)13-3-1-2-4-14(13)18/h1-10H,(H,19,21)(H,20,22)/b10-7+. The molecular weight excluding hydrogens is 323 g/mol. The molecule has 2 rings (SSSR count). The zero-order valence-corrected chi connectivity index (χ0v) is 12.9. The van der Waals surface area contributed by atoms with Crippen LogP contribution >= 0.6 is 23.2 Å². The summed E-state index contributed by atoms with van der Waals surface area (Å²) in [6.45, 7) is 0. The first kappa shape index (κ1) is 16.1. The molecule has 0 unspecified atom stereocenters. The normalized spacial score (nSPS) is 10.5. The molecule has 4 nitrogen and oxygen atoms in total. The van der Waals surface area contributed by atoms with Crippen molar-refractivity contribution in [3.8, 4) is 0 Å². The van der Waals surface area contributed by atoms with Crippen LogP contribution in [0, 0.1) is 0 Å². The molecule has 0 aromatic heterocycles. The molecule has 2 aromatic carbocycles. The van der Waals surface area contributed by atoms with Gasteiger partial charge in [-0.05, 0) is 35.9 Å². The van der Waals surface area contributed by atoms with Crippen molar-refractivity contribution in [3.05, 3.63) is 75.8 Å². The van der Waals surface area contributed by atoms with Gasteiger partial charge in [-0.15, -0.1) is 0 Å². The molecule has 22 heavy (non-hydrogen) atoms. The highest BCUT2D eigenvalue weighted by molar-refractivity contribution is 6.33. The van der Waals surface area contributed by atoms with Crippen LogP contribution in [0.1, 0.15) is 15.9 Å². The van der Waals surface area contributed by atoms with E-state index in [0.717, 1.165) is 5.56 Å². The summed E-state index contributed by atoms with van der Waals surface area (Å²) in [7, 11) is 0. The van der Waals surface area contributed by atoms with Gasteiger partial charge in [0.25, 0.3) is 11.8 Å². The van der Waals surface area contributed by atoms with Gasteiger partial charge >= 0.3 is 0 Å². The third kappa shape index (κ3) is 4.62. The number of benzene rings is 2. The van der Waals surface area contributed by atoms with Crippen LogP contribution in [0.2, 0.25) is 10.0 Å². The predicted octanol–water partition coefficient (Wildman–Crippen LogP) is 3.47. The smallest absolute Gasteiger partial charge is 0.268 e. The van der Waals surface area contributed by atoms with Gasteiger partial charge in [-0.2, -0.15) is 0 Å². The Kier molecular flexibility index (Phi) is 5.58. The number of hydrazine groups is 1. The van der Waals surface area contributed by atoms with Gasteiger partial charge in [0, 0.05) is 11.1 Å².